The van der Waals surface area contributed by atoms with Crippen LogP contribution in [0.3, 0.4) is 0 Å². The SMILES string of the molecule is COc1cc(OCc2ccccc2)cc(B(O)O)c1. The summed E-state index contributed by atoms with van der Waals surface area (Å²) in [4.78, 5) is 0. The zero-order valence-corrected chi connectivity index (χ0v) is 10.6. The van der Waals surface area contributed by atoms with Crippen molar-refractivity contribution in [3.05, 3.63) is 54.1 Å². The Bertz CT molecular complexity index is 528. The molecule has 2 rings (SSSR count). The number of hydrogen-bond acceptors (Lipinski definition) is 4. The first-order valence-electron chi connectivity index (χ1n) is 5.91. The third kappa shape index (κ3) is 3.74. The largest absolute Gasteiger partial charge is 0.497 e. The van der Waals surface area contributed by atoms with Crippen molar-refractivity contribution in [1.82, 2.24) is 0 Å². The molecule has 2 aromatic carbocycles. The minimum absolute atomic E-state index is 0.336. The molecule has 98 valence electrons. The first-order valence-corrected chi connectivity index (χ1v) is 5.91. The van der Waals surface area contributed by atoms with Crippen molar-refractivity contribution in [3.63, 3.8) is 0 Å². The van der Waals surface area contributed by atoms with Crippen molar-refractivity contribution < 1.29 is 19.5 Å². The van der Waals surface area contributed by atoms with Crippen molar-refractivity contribution in [3.8, 4) is 11.5 Å². The van der Waals surface area contributed by atoms with E-state index in [0.29, 0.717) is 23.6 Å². The van der Waals surface area contributed by atoms with E-state index < -0.39 is 7.12 Å². The predicted molar refractivity (Wildman–Crippen MR) is 73.6 cm³/mol. The third-order valence-electron chi connectivity index (χ3n) is 2.68. The monoisotopic (exact) mass is 258 g/mol. The van der Waals surface area contributed by atoms with E-state index in [2.05, 4.69) is 0 Å². The van der Waals surface area contributed by atoms with E-state index in [1.165, 1.54) is 7.11 Å². The fourth-order valence-electron chi connectivity index (χ4n) is 1.68. The Morgan fingerprint density at radius 1 is 1.00 bits per heavy atom. The third-order valence-corrected chi connectivity index (χ3v) is 2.68. The second kappa shape index (κ2) is 6.27. The van der Waals surface area contributed by atoms with E-state index in [0.717, 1.165) is 5.56 Å². The van der Waals surface area contributed by atoms with Crippen LogP contribution in [0.25, 0.3) is 0 Å². The van der Waals surface area contributed by atoms with Gasteiger partial charge in [-0.2, -0.15) is 0 Å². The van der Waals surface area contributed by atoms with E-state index in [9.17, 15) is 10.0 Å². The van der Waals surface area contributed by atoms with Crippen molar-refractivity contribution in [2.75, 3.05) is 7.11 Å². The Hall–Kier alpha value is -1.98. The standard InChI is InChI=1S/C14H15BO4/c1-18-13-7-12(15(16)17)8-14(9-13)19-10-11-5-3-2-4-6-11/h2-9,16-17H,10H2,1H3. The smallest absolute Gasteiger partial charge is 0.488 e. The van der Waals surface area contributed by atoms with Crippen molar-refractivity contribution in [2.45, 2.75) is 6.61 Å². The Morgan fingerprint density at radius 2 is 1.68 bits per heavy atom. The lowest BCUT2D eigenvalue weighted by molar-refractivity contribution is 0.303. The lowest BCUT2D eigenvalue weighted by atomic mass is 9.80. The molecule has 0 unspecified atom stereocenters. The Morgan fingerprint density at radius 3 is 2.32 bits per heavy atom. The zero-order valence-electron chi connectivity index (χ0n) is 10.6. The predicted octanol–water partition coefficient (Wildman–Crippen LogP) is 0.954. The quantitative estimate of drug-likeness (QED) is 0.784. The minimum Gasteiger partial charge on any atom is -0.497 e. The summed E-state index contributed by atoms with van der Waals surface area (Å²) < 4.78 is 10.7. The zero-order chi connectivity index (χ0) is 13.7. The van der Waals surface area contributed by atoms with E-state index in [4.69, 9.17) is 9.47 Å². The van der Waals surface area contributed by atoms with Crippen molar-refractivity contribution >= 4 is 12.6 Å². The van der Waals surface area contributed by atoms with Gasteiger partial charge in [0.2, 0.25) is 0 Å². The summed E-state index contributed by atoms with van der Waals surface area (Å²) in [5, 5.41) is 18.4. The molecule has 0 fully saturated rings. The first-order chi connectivity index (χ1) is 9.19. The van der Waals surface area contributed by atoms with Crippen LogP contribution in [0.2, 0.25) is 0 Å². The van der Waals surface area contributed by atoms with Crippen LogP contribution < -0.4 is 14.9 Å². The highest BCUT2D eigenvalue weighted by atomic mass is 16.5. The van der Waals surface area contributed by atoms with Gasteiger partial charge in [-0.25, -0.2) is 0 Å². The molecule has 0 saturated carbocycles. The molecule has 0 heterocycles. The lowest BCUT2D eigenvalue weighted by Gasteiger charge is -2.10. The summed E-state index contributed by atoms with van der Waals surface area (Å²) in [5.74, 6) is 1.06. The van der Waals surface area contributed by atoms with Crippen LogP contribution in [0, 0.1) is 0 Å². The number of ether oxygens (including phenoxy) is 2. The molecule has 5 heteroatoms. The van der Waals surface area contributed by atoms with Gasteiger partial charge < -0.3 is 19.5 Å². The molecule has 0 saturated heterocycles. The first kappa shape index (κ1) is 13.5. The molecule has 0 amide bonds. The van der Waals surface area contributed by atoms with Gasteiger partial charge in [-0.3, -0.25) is 0 Å². The van der Waals surface area contributed by atoms with Gasteiger partial charge in [-0.1, -0.05) is 30.3 Å². The maximum atomic E-state index is 9.20. The Kier molecular flexibility index (Phi) is 4.44. The number of hydrogen-bond donors (Lipinski definition) is 2. The normalized spacial score (nSPS) is 10.1. The molecule has 0 aliphatic carbocycles. The molecule has 4 nitrogen and oxygen atoms in total. The van der Waals surface area contributed by atoms with Gasteiger partial charge in [0.25, 0.3) is 0 Å². The molecule has 0 radical (unpaired) electrons. The minimum atomic E-state index is -1.55. The van der Waals surface area contributed by atoms with Gasteiger partial charge in [0.1, 0.15) is 18.1 Å². The van der Waals surface area contributed by atoms with Crippen LogP contribution in [-0.4, -0.2) is 24.3 Å². The molecule has 2 N–H and O–H groups in total. The molecule has 0 bridgehead atoms. The summed E-state index contributed by atoms with van der Waals surface area (Å²) in [6, 6.07) is 14.6. The Labute approximate surface area is 112 Å². The molecule has 0 atom stereocenters. The van der Waals surface area contributed by atoms with Gasteiger partial charge in [-0.15, -0.1) is 0 Å². The van der Waals surface area contributed by atoms with E-state index in [1.54, 1.807) is 18.2 Å². The summed E-state index contributed by atoms with van der Waals surface area (Å²) in [7, 11) is -0.0294. The fourth-order valence-corrected chi connectivity index (χ4v) is 1.68. The molecule has 0 aliphatic heterocycles. The van der Waals surface area contributed by atoms with Crippen LogP contribution in [0.5, 0.6) is 11.5 Å². The van der Waals surface area contributed by atoms with E-state index in [-0.39, 0.29) is 0 Å². The average molecular weight is 258 g/mol. The second-order valence-electron chi connectivity index (χ2n) is 4.09. The average Bonchev–Trinajstić information content (AvgIpc) is 2.45. The van der Waals surface area contributed by atoms with Crippen molar-refractivity contribution in [1.29, 1.82) is 0 Å². The highest BCUT2D eigenvalue weighted by Crippen LogP contribution is 2.19. The van der Waals surface area contributed by atoms with Crippen LogP contribution in [0.4, 0.5) is 0 Å². The topological polar surface area (TPSA) is 58.9 Å². The van der Waals surface area contributed by atoms with Crippen molar-refractivity contribution in [2.24, 2.45) is 0 Å². The fraction of sp³-hybridized carbons (Fsp3) is 0.143. The Balaban J connectivity index is 2.13. The van der Waals surface area contributed by atoms with Gasteiger partial charge in [0.15, 0.2) is 0 Å². The van der Waals surface area contributed by atoms with Gasteiger partial charge in [0.05, 0.1) is 7.11 Å². The number of benzene rings is 2. The second-order valence-corrected chi connectivity index (χ2v) is 4.09. The maximum absolute atomic E-state index is 9.20. The molecule has 0 spiro atoms. The van der Waals surface area contributed by atoms with Crippen LogP contribution >= 0.6 is 0 Å². The van der Waals surface area contributed by atoms with Gasteiger partial charge in [0, 0.05) is 6.07 Å². The highest BCUT2D eigenvalue weighted by molar-refractivity contribution is 6.58. The van der Waals surface area contributed by atoms with Gasteiger partial charge >= 0.3 is 7.12 Å². The molecular formula is C14H15BO4. The number of rotatable bonds is 5. The maximum Gasteiger partial charge on any atom is 0.488 e. The number of methoxy groups -OCH3 is 1. The molecule has 19 heavy (non-hydrogen) atoms. The van der Waals surface area contributed by atoms with Gasteiger partial charge in [-0.05, 0) is 23.2 Å². The molecular weight excluding hydrogens is 243 g/mol. The highest BCUT2D eigenvalue weighted by Gasteiger charge is 2.14. The summed E-state index contributed by atoms with van der Waals surface area (Å²) in [6.45, 7) is 0.412. The van der Waals surface area contributed by atoms with Crippen LogP contribution in [-0.2, 0) is 6.61 Å². The summed E-state index contributed by atoms with van der Waals surface area (Å²) in [6.07, 6.45) is 0. The summed E-state index contributed by atoms with van der Waals surface area (Å²) in [5.41, 5.74) is 1.37. The lowest BCUT2D eigenvalue weighted by Crippen LogP contribution is -2.29. The van der Waals surface area contributed by atoms with Crippen LogP contribution in [0.1, 0.15) is 5.56 Å². The van der Waals surface area contributed by atoms with Crippen LogP contribution in [0.15, 0.2) is 48.5 Å². The molecule has 0 aliphatic rings. The molecule has 2 aromatic rings. The molecule has 0 aromatic heterocycles. The van der Waals surface area contributed by atoms with E-state index >= 15 is 0 Å². The summed E-state index contributed by atoms with van der Waals surface area (Å²) >= 11 is 0. The van der Waals surface area contributed by atoms with E-state index in [1.807, 2.05) is 30.3 Å².